The van der Waals surface area contributed by atoms with E-state index in [0.29, 0.717) is 31.0 Å². The zero-order chi connectivity index (χ0) is 22.1. The summed E-state index contributed by atoms with van der Waals surface area (Å²) in [4.78, 5) is 38.0. The summed E-state index contributed by atoms with van der Waals surface area (Å²) >= 11 is 0. The maximum absolute atomic E-state index is 12.4. The van der Waals surface area contributed by atoms with Gasteiger partial charge in [0.05, 0.1) is 0 Å². The van der Waals surface area contributed by atoms with Crippen LogP contribution in [0.1, 0.15) is 38.2 Å². The minimum absolute atomic E-state index is 0.0406. The van der Waals surface area contributed by atoms with Crippen LogP contribution >= 0.6 is 0 Å². The Bertz CT molecular complexity index is 883. The average Bonchev–Trinajstić information content (AvgIpc) is 2.98. The molecule has 1 aliphatic heterocycles. The van der Waals surface area contributed by atoms with E-state index < -0.39 is 18.0 Å². The lowest BCUT2D eigenvalue weighted by molar-refractivity contribution is -0.156. The molecule has 7 nitrogen and oxygen atoms in total. The molecule has 0 bridgehead atoms. The maximum Gasteiger partial charge on any atom is 0.326 e. The number of hydrogen-bond donors (Lipinski definition) is 1. The zero-order valence-electron chi connectivity index (χ0n) is 17.7. The summed E-state index contributed by atoms with van der Waals surface area (Å²) in [5.74, 6) is -0.374. The van der Waals surface area contributed by atoms with Crippen LogP contribution in [0.3, 0.4) is 0 Å². The summed E-state index contributed by atoms with van der Waals surface area (Å²) in [5.41, 5.74) is 1.64. The average molecular weight is 424 g/mol. The van der Waals surface area contributed by atoms with Crippen molar-refractivity contribution in [1.29, 1.82) is 0 Å². The van der Waals surface area contributed by atoms with Crippen LogP contribution in [-0.2, 0) is 25.7 Å². The molecule has 1 heterocycles. The highest BCUT2D eigenvalue weighted by Gasteiger charge is 2.23. The van der Waals surface area contributed by atoms with Gasteiger partial charge >= 0.3 is 5.97 Å². The summed E-state index contributed by atoms with van der Waals surface area (Å²) in [6.07, 6.45) is 2.18. The van der Waals surface area contributed by atoms with Gasteiger partial charge in [0.1, 0.15) is 18.9 Å². The van der Waals surface area contributed by atoms with E-state index in [2.05, 4.69) is 5.32 Å². The van der Waals surface area contributed by atoms with Gasteiger partial charge in [-0.05, 0) is 49.6 Å². The Balaban J connectivity index is 1.44. The molecule has 1 fully saturated rings. The second-order valence-corrected chi connectivity index (χ2v) is 7.55. The summed E-state index contributed by atoms with van der Waals surface area (Å²) in [7, 11) is 0. The summed E-state index contributed by atoms with van der Waals surface area (Å²) in [6, 6.07) is 16.8. The van der Waals surface area contributed by atoms with E-state index in [4.69, 9.17) is 9.47 Å². The van der Waals surface area contributed by atoms with E-state index in [0.717, 1.165) is 24.8 Å². The first-order chi connectivity index (χ1) is 15.0. The molecule has 2 aromatic carbocycles. The highest BCUT2D eigenvalue weighted by molar-refractivity contribution is 5.95. The third kappa shape index (κ3) is 7.13. The summed E-state index contributed by atoms with van der Waals surface area (Å²) in [6.45, 7) is 2.39. The molecule has 1 atom stereocenters. The van der Waals surface area contributed by atoms with E-state index in [-0.39, 0.29) is 12.5 Å². The second kappa shape index (κ2) is 11.2. The lowest BCUT2D eigenvalue weighted by Crippen LogP contribution is -2.38. The number of esters is 1. The van der Waals surface area contributed by atoms with Gasteiger partial charge in [0, 0.05) is 18.7 Å². The van der Waals surface area contributed by atoms with Crippen molar-refractivity contribution in [3.63, 3.8) is 0 Å². The molecule has 164 valence electrons. The molecular weight excluding hydrogens is 396 g/mol. The number of nitrogens with one attached hydrogen (secondary N) is 1. The number of hydrogen-bond acceptors (Lipinski definition) is 5. The Labute approximate surface area is 182 Å². The largest absolute Gasteiger partial charge is 0.489 e. The van der Waals surface area contributed by atoms with Crippen LogP contribution in [0.4, 0.5) is 5.69 Å². The number of benzene rings is 2. The van der Waals surface area contributed by atoms with Gasteiger partial charge in [-0.3, -0.25) is 14.4 Å². The van der Waals surface area contributed by atoms with Crippen molar-refractivity contribution in [3.8, 4) is 5.75 Å². The number of likely N-dealkylation sites (tertiary alicyclic amines) is 1. The zero-order valence-corrected chi connectivity index (χ0v) is 17.7. The molecular formula is C24H28N2O5. The molecule has 7 heteroatoms. The van der Waals surface area contributed by atoms with Crippen molar-refractivity contribution in [3.05, 3.63) is 60.2 Å². The fourth-order valence-electron chi connectivity index (χ4n) is 3.27. The van der Waals surface area contributed by atoms with Crippen molar-refractivity contribution < 1.29 is 23.9 Å². The fraction of sp³-hybridized carbons (Fsp3) is 0.375. The van der Waals surface area contributed by atoms with Crippen LogP contribution in [0.25, 0.3) is 0 Å². The van der Waals surface area contributed by atoms with E-state index in [1.54, 1.807) is 24.3 Å². The first-order valence-corrected chi connectivity index (χ1v) is 10.6. The van der Waals surface area contributed by atoms with Gasteiger partial charge in [-0.1, -0.05) is 36.8 Å². The first-order valence-electron chi connectivity index (χ1n) is 10.6. The van der Waals surface area contributed by atoms with Crippen molar-refractivity contribution >= 4 is 23.5 Å². The van der Waals surface area contributed by atoms with E-state index >= 15 is 0 Å². The molecule has 0 aromatic heterocycles. The van der Waals surface area contributed by atoms with Gasteiger partial charge in [-0.15, -0.1) is 0 Å². The number of amides is 2. The van der Waals surface area contributed by atoms with Crippen LogP contribution in [0.2, 0.25) is 0 Å². The van der Waals surface area contributed by atoms with Crippen LogP contribution < -0.4 is 10.1 Å². The van der Waals surface area contributed by atoms with Crippen molar-refractivity contribution in [2.24, 2.45) is 0 Å². The molecule has 31 heavy (non-hydrogen) atoms. The normalized spacial score (nSPS) is 15.0. The van der Waals surface area contributed by atoms with Crippen LogP contribution in [-0.4, -0.2) is 41.9 Å². The van der Waals surface area contributed by atoms with E-state index in [1.807, 2.05) is 30.3 Å². The molecule has 1 N–H and O–H groups in total. The molecule has 2 amide bonds. The minimum Gasteiger partial charge on any atom is -0.489 e. The molecule has 0 spiro atoms. The Morgan fingerprint density at radius 2 is 1.77 bits per heavy atom. The van der Waals surface area contributed by atoms with Crippen LogP contribution in [0.5, 0.6) is 5.75 Å². The third-order valence-electron chi connectivity index (χ3n) is 5.04. The topological polar surface area (TPSA) is 84.9 Å². The van der Waals surface area contributed by atoms with Gasteiger partial charge in [0.2, 0.25) is 5.91 Å². The monoisotopic (exact) mass is 424 g/mol. The number of anilines is 1. The lowest BCUT2D eigenvalue weighted by Gasteiger charge is -2.20. The van der Waals surface area contributed by atoms with Crippen molar-refractivity contribution in [1.82, 2.24) is 4.90 Å². The molecule has 3 rings (SSSR count). The SMILES string of the molecule is C[C@@H](OC(=O)CN1CCCCCC1=O)C(=O)Nc1ccc(OCc2ccccc2)cc1. The number of carbonyl (C=O) groups excluding carboxylic acids is 3. The van der Waals surface area contributed by atoms with Gasteiger partial charge < -0.3 is 19.7 Å². The van der Waals surface area contributed by atoms with Gasteiger partial charge in [0.25, 0.3) is 5.91 Å². The smallest absolute Gasteiger partial charge is 0.326 e. The highest BCUT2D eigenvalue weighted by atomic mass is 16.5. The third-order valence-corrected chi connectivity index (χ3v) is 5.04. The van der Waals surface area contributed by atoms with Crippen LogP contribution in [0.15, 0.2) is 54.6 Å². The molecule has 2 aromatic rings. The van der Waals surface area contributed by atoms with Gasteiger partial charge in [-0.25, -0.2) is 0 Å². The van der Waals surface area contributed by atoms with Crippen molar-refractivity contribution in [2.45, 2.75) is 45.3 Å². The Morgan fingerprint density at radius 1 is 1.03 bits per heavy atom. The standard InChI is InChI=1S/C24H28N2O5/c1-18(31-23(28)16-26-15-7-3-6-10-22(26)27)24(29)25-20-11-13-21(14-12-20)30-17-19-8-4-2-5-9-19/h2,4-5,8-9,11-14,18H,3,6-7,10,15-17H2,1H3,(H,25,29)/t18-/m1/s1. The number of rotatable bonds is 8. The Kier molecular flexibility index (Phi) is 8.04. The Hall–Kier alpha value is -3.35. The summed E-state index contributed by atoms with van der Waals surface area (Å²) < 4.78 is 10.9. The van der Waals surface area contributed by atoms with Crippen molar-refractivity contribution in [2.75, 3.05) is 18.4 Å². The summed E-state index contributed by atoms with van der Waals surface area (Å²) in [5, 5.41) is 2.72. The Morgan fingerprint density at radius 3 is 2.52 bits per heavy atom. The number of carbonyl (C=O) groups is 3. The fourth-order valence-corrected chi connectivity index (χ4v) is 3.27. The van der Waals surface area contributed by atoms with Gasteiger partial charge in [0.15, 0.2) is 6.10 Å². The number of ether oxygens (including phenoxy) is 2. The van der Waals surface area contributed by atoms with Gasteiger partial charge in [-0.2, -0.15) is 0 Å². The predicted molar refractivity (Wildman–Crippen MR) is 116 cm³/mol. The van der Waals surface area contributed by atoms with Crippen LogP contribution in [0, 0.1) is 0 Å². The highest BCUT2D eigenvalue weighted by Crippen LogP contribution is 2.18. The van der Waals surface area contributed by atoms with E-state index in [1.165, 1.54) is 11.8 Å². The number of nitrogens with zero attached hydrogens (tertiary/aromatic N) is 1. The first kappa shape index (κ1) is 22.3. The lowest BCUT2D eigenvalue weighted by atomic mass is 10.2. The maximum atomic E-state index is 12.4. The molecule has 0 saturated carbocycles. The quantitative estimate of drug-likeness (QED) is 0.655. The van der Waals surface area contributed by atoms with E-state index in [9.17, 15) is 14.4 Å². The molecule has 0 aliphatic carbocycles. The predicted octanol–water partition coefficient (Wildman–Crippen LogP) is 3.54. The molecule has 0 radical (unpaired) electrons. The molecule has 0 unspecified atom stereocenters. The molecule has 1 saturated heterocycles. The minimum atomic E-state index is -0.969. The molecule has 1 aliphatic rings. The second-order valence-electron chi connectivity index (χ2n) is 7.55.